The van der Waals surface area contributed by atoms with Crippen molar-refractivity contribution in [3.05, 3.63) is 75.6 Å². The first kappa shape index (κ1) is 19.3. The Labute approximate surface area is 160 Å². The number of hydrogen-bond donors (Lipinski definition) is 1. The van der Waals surface area contributed by atoms with E-state index in [0.717, 1.165) is 5.56 Å². The van der Waals surface area contributed by atoms with Crippen molar-refractivity contribution < 1.29 is 23.5 Å². The molecule has 0 aliphatic carbocycles. The molecule has 0 aliphatic rings. The van der Waals surface area contributed by atoms with E-state index in [1.165, 1.54) is 13.0 Å². The summed E-state index contributed by atoms with van der Waals surface area (Å²) >= 11 is 0. The first-order chi connectivity index (χ1) is 13.5. The van der Waals surface area contributed by atoms with Crippen LogP contribution in [-0.4, -0.2) is 19.0 Å². The lowest BCUT2D eigenvalue weighted by Gasteiger charge is -2.09. The SMILES string of the molecule is COCc1cccc(C(=O)OCc2cc(=O)oc3cc(NC(C)=O)ccc23)c1. The lowest BCUT2D eigenvalue weighted by Crippen LogP contribution is -2.09. The Balaban J connectivity index is 1.82. The Bertz CT molecular complexity index is 1090. The van der Waals surface area contributed by atoms with Gasteiger partial charge < -0.3 is 19.2 Å². The molecule has 0 spiro atoms. The number of amides is 1. The fourth-order valence-corrected chi connectivity index (χ4v) is 2.81. The molecular weight excluding hydrogens is 362 g/mol. The number of rotatable bonds is 6. The topological polar surface area (TPSA) is 94.8 Å². The van der Waals surface area contributed by atoms with E-state index in [-0.39, 0.29) is 12.5 Å². The number of carbonyl (C=O) groups excluding carboxylic acids is 2. The maximum Gasteiger partial charge on any atom is 0.338 e. The van der Waals surface area contributed by atoms with Gasteiger partial charge in [0.2, 0.25) is 5.91 Å². The number of ether oxygens (including phenoxy) is 2. The minimum Gasteiger partial charge on any atom is -0.457 e. The van der Waals surface area contributed by atoms with Crippen LogP contribution in [0.1, 0.15) is 28.4 Å². The van der Waals surface area contributed by atoms with Gasteiger partial charge in [0.1, 0.15) is 12.2 Å². The second kappa shape index (κ2) is 8.49. The van der Waals surface area contributed by atoms with Gasteiger partial charge in [-0.15, -0.1) is 0 Å². The van der Waals surface area contributed by atoms with Gasteiger partial charge >= 0.3 is 11.6 Å². The number of hydrogen-bond acceptors (Lipinski definition) is 6. The van der Waals surface area contributed by atoms with Crippen molar-refractivity contribution in [2.24, 2.45) is 0 Å². The van der Waals surface area contributed by atoms with Crippen LogP contribution in [0.5, 0.6) is 0 Å². The maximum atomic E-state index is 12.4. The molecule has 1 N–H and O–H groups in total. The van der Waals surface area contributed by atoms with Gasteiger partial charge in [-0.2, -0.15) is 0 Å². The van der Waals surface area contributed by atoms with Crippen molar-refractivity contribution in [1.82, 2.24) is 0 Å². The number of carbonyl (C=O) groups is 2. The van der Waals surface area contributed by atoms with Gasteiger partial charge in [0.15, 0.2) is 0 Å². The first-order valence-corrected chi connectivity index (χ1v) is 8.55. The van der Waals surface area contributed by atoms with E-state index in [1.54, 1.807) is 43.5 Å². The Morgan fingerprint density at radius 2 is 1.89 bits per heavy atom. The number of benzene rings is 2. The summed E-state index contributed by atoms with van der Waals surface area (Å²) < 4.78 is 15.6. The number of nitrogens with one attached hydrogen (secondary N) is 1. The van der Waals surface area contributed by atoms with Gasteiger partial charge in [-0.05, 0) is 29.8 Å². The van der Waals surface area contributed by atoms with Crippen LogP contribution >= 0.6 is 0 Å². The van der Waals surface area contributed by atoms with Crippen molar-refractivity contribution in [1.29, 1.82) is 0 Å². The molecule has 1 aromatic heterocycles. The molecule has 2 aromatic carbocycles. The maximum absolute atomic E-state index is 12.4. The molecule has 7 nitrogen and oxygen atoms in total. The van der Waals surface area contributed by atoms with Crippen molar-refractivity contribution in [2.45, 2.75) is 20.1 Å². The van der Waals surface area contributed by atoms with E-state index < -0.39 is 11.6 Å². The molecule has 0 radical (unpaired) electrons. The highest BCUT2D eigenvalue weighted by molar-refractivity contribution is 5.92. The molecule has 0 aliphatic heterocycles. The van der Waals surface area contributed by atoms with Crippen LogP contribution in [0.25, 0.3) is 11.0 Å². The molecule has 0 saturated heterocycles. The third-order valence-electron chi connectivity index (χ3n) is 3.98. The zero-order chi connectivity index (χ0) is 20.1. The first-order valence-electron chi connectivity index (χ1n) is 8.55. The average molecular weight is 381 g/mol. The minimum atomic E-state index is -0.569. The molecule has 1 amide bonds. The van der Waals surface area contributed by atoms with Crippen LogP contribution in [0.2, 0.25) is 0 Å². The fourth-order valence-electron chi connectivity index (χ4n) is 2.81. The quantitative estimate of drug-likeness (QED) is 0.520. The van der Waals surface area contributed by atoms with Crippen LogP contribution < -0.4 is 10.9 Å². The Hall–Kier alpha value is -3.45. The predicted octanol–water partition coefficient (Wildman–Crippen LogP) is 3.25. The van der Waals surface area contributed by atoms with Gasteiger partial charge in [-0.25, -0.2) is 9.59 Å². The van der Waals surface area contributed by atoms with Crippen LogP contribution in [0, 0.1) is 0 Å². The predicted molar refractivity (Wildman–Crippen MR) is 103 cm³/mol. The molecule has 0 unspecified atom stereocenters. The normalized spacial score (nSPS) is 10.6. The number of fused-ring (bicyclic) bond motifs is 1. The largest absolute Gasteiger partial charge is 0.457 e. The van der Waals surface area contributed by atoms with E-state index in [0.29, 0.717) is 34.4 Å². The molecule has 3 rings (SSSR count). The zero-order valence-electron chi connectivity index (χ0n) is 15.5. The highest BCUT2D eigenvalue weighted by Crippen LogP contribution is 2.22. The van der Waals surface area contributed by atoms with Crippen molar-refractivity contribution in [2.75, 3.05) is 12.4 Å². The van der Waals surface area contributed by atoms with E-state index in [9.17, 15) is 14.4 Å². The Morgan fingerprint density at radius 3 is 2.64 bits per heavy atom. The lowest BCUT2D eigenvalue weighted by molar-refractivity contribution is -0.114. The van der Waals surface area contributed by atoms with Crippen molar-refractivity contribution >= 4 is 28.5 Å². The highest BCUT2D eigenvalue weighted by Gasteiger charge is 2.12. The van der Waals surface area contributed by atoms with Crippen LogP contribution in [-0.2, 0) is 27.5 Å². The second-order valence-electron chi connectivity index (χ2n) is 6.19. The van der Waals surface area contributed by atoms with Gasteiger partial charge in [0.25, 0.3) is 0 Å². The van der Waals surface area contributed by atoms with Crippen LogP contribution in [0.4, 0.5) is 5.69 Å². The zero-order valence-corrected chi connectivity index (χ0v) is 15.5. The lowest BCUT2D eigenvalue weighted by atomic mass is 10.1. The molecule has 0 saturated carbocycles. The second-order valence-corrected chi connectivity index (χ2v) is 6.19. The van der Waals surface area contributed by atoms with Gasteiger partial charge in [0.05, 0.1) is 12.2 Å². The summed E-state index contributed by atoms with van der Waals surface area (Å²) in [4.78, 5) is 35.4. The Kier molecular flexibility index (Phi) is 5.86. The average Bonchev–Trinajstić information content (AvgIpc) is 2.65. The third kappa shape index (κ3) is 4.63. The van der Waals surface area contributed by atoms with Gasteiger partial charge in [-0.1, -0.05) is 12.1 Å². The minimum absolute atomic E-state index is 0.0884. The monoisotopic (exact) mass is 381 g/mol. The van der Waals surface area contributed by atoms with Crippen molar-refractivity contribution in [3.8, 4) is 0 Å². The van der Waals surface area contributed by atoms with Crippen LogP contribution in [0.3, 0.4) is 0 Å². The molecule has 7 heteroatoms. The summed E-state index contributed by atoms with van der Waals surface area (Å²) in [5.41, 5.74) is 2.00. The summed E-state index contributed by atoms with van der Waals surface area (Å²) in [5.74, 6) is -0.739. The highest BCUT2D eigenvalue weighted by atomic mass is 16.5. The van der Waals surface area contributed by atoms with Crippen molar-refractivity contribution in [3.63, 3.8) is 0 Å². The Morgan fingerprint density at radius 1 is 1.07 bits per heavy atom. The molecule has 0 atom stereocenters. The summed E-state index contributed by atoms with van der Waals surface area (Å²) in [6.07, 6.45) is 0. The number of anilines is 1. The van der Waals surface area contributed by atoms with E-state index in [2.05, 4.69) is 5.32 Å². The molecule has 0 bridgehead atoms. The number of methoxy groups -OCH3 is 1. The van der Waals surface area contributed by atoms with E-state index in [1.807, 2.05) is 6.07 Å². The third-order valence-corrected chi connectivity index (χ3v) is 3.98. The molecule has 1 heterocycles. The van der Waals surface area contributed by atoms with Gasteiger partial charge in [0, 0.05) is 42.8 Å². The number of esters is 1. The summed E-state index contributed by atoms with van der Waals surface area (Å²) in [6.45, 7) is 1.69. The summed E-state index contributed by atoms with van der Waals surface area (Å²) in [5, 5.41) is 3.25. The molecule has 144 valence electrons. The summed E-state index contributed by atoms with van der Waals surface area (Å²) in [7, 11) is 1.58. The fraction of sp³-hybridized carbons (Fsp3) is 0.190. The smallest absolute Gasteiger partial charge is 0.338 e. The standard InChI is InChI=1S/C21H19NO6/c1-13(23)22-17-6-7-18-16(9-20(24)28-19(18)10-17)12-27-21(25)15-5-3-4-14(8-15)11-26-2/h3-10H,11-12H2,1-2H3,(H,22,23). The van der Waals surface area contributed by atoms with E-state index >= 15 is 0 Å². The summed E-state index contributed by atoms with van der Waals surface area (Å²) in [6, 6.07) is 13.2. The molecule has 3 aromatic rings. The van der Waals surface area contributed by atoms with Gasteiger partial charge in [-0.3, -0.25) is 4.79 Å². The molecule has 28 heavy (non-hydrogen) atoms. The van der Waals surface area contributed by atoms with Crippen LogP contribution in [0.15, 0.2) is 57.7 Å². The molecule has 0 fully saturated rings. The molecular formula is C21H19NO6. The van der Waals surface area contributed by atoms with E-state index in [4.69, 9.17) is 13.9 Å².